The van der Waals surface area contributed by atoms with E-state index in [4.69, 9.17) is 4.74 Å². The first-order valence-electron chi connectivity index (χ1n) is 10.9. The van der Waals surface area contributed by atoms with Crippen LogP contribution in [0.2, 0.25) is 0 Å². The van der Waals surface area contributed by atoms with Gasteiger partial charge in [-0.3, -0.25) is 4.90 Å². The smallest absolute Gasteiger partial charge is 0.334 e. The molecular formula is C26H28FNO2. The fourth-order valence-electron chi connectivity index (χ4n) is 5.96. The number of halogens is 1. The van der Waals surface area contributed by atoms with Gasteiger partial charge in [0.1, 0.15) is 5.82 Å². The van der Waals surface area contributed by atoms with Gasteiger partial charge in [-0.25, -0.2) is 9.18 Å². The first kappa shape index (κ1) is 19.5. The molecule has 30 heavy (non-hydrogen) atoms. The number of methoxy groups -OCH3 is 1. The second kappa shape index (κ2) is 7.66. The molecule has 1 aliphatic heterocycles. The molecule has 4 heteroatoms. The summed E-state index contributed by atoms with van der Waals surface area (Å²) in [7, 11) is 1.45. The van der Waals surface area contributed by atoms with Crippen molar-refractivity contribution in [3.63, 3.8) is 0 Å². The van der Waals surface area contributed by atoms with Crippen LogP contribution in [0, 0.1) is 5.82 Å². The van der Waals surface area contributed by atoms with Crippen molar-refractivity contribution in [1.82, 2.24) is 4.90 Å². The van der Waals surface area contributed by atoms with Gasteiger partial charge in [-0.05, 0) is 72.9 Å². The van der Waals surface area contributed by atoms with E-state index in [9.17, 15) is 9.18 Å². The lowest BCUT2D eigenvalue weighted by Crippen LogP contribution is -2.40. The average Bonchev–Trinajstić information content (AvgIpc) is 3.14. The molecule has 1 saturated carbocycles. The van der Waals surface area contributed by atoms with E-state index in [0.29, 0.717) is 12.6 Å². The Labute approximate surface area is 177 Å². The Morgan fingerprint density at radius 1 is 1.17 bits per heavy atom. The maximum Gasteiger partial charge on any atom is 0.334 e. The molecule has 0 N–H and O–H groups in total. The minimum Gasteiger partial charge on any atom is -0.466 e. The molecule has 2 unspecified atom stereocenters. The number of fused-ring (bicyclic) bond motifs is 3. The highest BCUT2D eigenvalue weighted by Gasteiger charge is 2.45. The van der Waals surface area contributed by atoms with Gasteiger partial charge in [0.2, 0.25) is 0 Å². The predicted octanol–water partition coefficient (Wildman–Crippen LogP) is 4.57. The molecule has 0 aromatic heterocycles. The average molecular weight is 406 g/mol. The zero-order chi connectivity index (χ0) is 20.7. The Morgan fingerprint density at radius 3 is 2.90 bits per heavy atom. The molecule has 2 aromatic rings. The summed E-state index contributed by atoms with van der Waals surface area (Å²) in [6, 6.07) is 14.5. The summed E-state index contributed by atoms with van der Waals surface area (Å²) < 4.78 is 19.0. The molecule has 5 rings (SSSR count). The van der Waals surface area contributed by atoms with Gasteiger partial charge in [0.15, 0.2) is 0 Å². The van der Waals surface area contributed by atoms with Crippen LogP contribution >= 0.6 is 0 Å². The van der Waals surface area contributed by atoms with Crippen LogP contribution in [0.3, 0.4) is 0 Å². The SMILES string of the molecule is COC(=O)C1=CCCN(C2CCC3(Cc4cc(F)ccc4Cc4ccccc43)C2)C1. The van der Waals surface area contributed by atoms with Crippen molar-refractivity contribution in [2.24, 2.45) is 0 Å². The van der Waals surface area contributed by atoms with Crippen molar-refractivity contribution in [2.45, 2.75) is 50.0 Å². The Bertz CT molecular complexity index is 1010. The summed E-state index contributed by atoms with van der Waals surface area (Å²) >= 11 is 0. The molecule has 156 valence electrons. The molecule has 1 fully saturated rings. The van der Waals surface area contributed by atoms with E-state index >= 15 is 0 Å². The van der Waals surface area contributed by atoms with E-state index in [1.807, 2.05) is 12.1 Å². The monoisotopic (exact) mass is 405 g/mol. The number of nitrogens with zero attached hydrogens (tertiary/aromatic N) is 1. The van der Waals surface area contributed by atoms with Crippen LogP contribution in [-0.4, -0.2) is 37.1 Å². The Kier molecular flexibility index (Phi) is 4.98. The van der Waals surface area contributed by atoms with Crippen molar-refractivity contribution in [3.8, 4) is 0 Å². The van der Waals surface area contributed by atoms with Crippen molar-refractivity contribution >= 4 is 5.97 Å². The van der Waals surface area contributed by atoms with E-state index in [2.05, 4.69) is 29.2 Å². The summed E-state index contributed by atoms with van der Waals surface area (Å²) in [5, 5.41) is 0. The van der Waals surface area contributed by atoms with Gasteiger partial charge in [-0.1, -0.05) is 36.4 Å². The summed E-state index contributed by atoms with van der Waals surface area (Å²) in [6.07, 6.45) is 7.92. The maximum absolute atomic E-state index is 14.1. The van der Waals surface area contributed by atoms with Crippen LogP contribution in [0.25, 0.3) is 0 Å². The van der Waals surface area contributed by atoms with E-state index < -0.39 is 0 Å². The van der Waals surface area contributed by atoms with Gasteiger partial charge < -0.3 is 4.74 Å². The van der Waals surface area contributed by atoms with Gasteiger partial charge >= 0.3 is 5.97 Å². The van der Waals surface area contributed by atoms with Crippen molar-refractivity contribution < 1.29 is 13.9 Å². The van der Waals surface area contributed by atoms with E-state index in [1.54, 1.807) is 12.1 Å². The zero-order valence-corrected chi connectivity index (χ0v) is 17.5. The normalized spacial score (nSPS) is 25.9. The summed E-state index contributed by atoms with van der Waals surface area (Å²) in [5.74, 6) is -0.357. The topological polar surface area (TPSA) is 29.5 Å². The van der Waals surface area contributed by atoms with Crippen molar-refractivity contribution in [3.05, 3.63) is 82.2 Å². The lowest BCUT2D eigenvalue weighted by molar-refractivity contribution is -0.136. The fraction of sp³-hybridized carbons (Fsp3) is 0.423. The summed E-state index contributed by atoms with van der Waals surface area (Å²) in [5.41, 5.74) is 6.02. The second-order valence-corrected chi connectivity index (χ2v) is 9.08. The minimum atomic E-state index is -0.211. The Balaban J connectivity index is 1.47. The minimum absolute atomic E-state index is 0.0346. The predicted molar refractivity (Wildman–Crippen MR) is 115 cm³/mol. The van der Waals surface area contributed by atoms with Gasteiger partial charge in [0.05, 0.1) is 7.11 Å². The van der Waals surface area contributed by atoms with Crippen LogP contribution in [-0.2, 0) is 27.8 Å². The number of hydrogen-bond acceptors (Lipinski definition) is 3. The fourth-order valence-corrected chi connectivity index (χ4v) is 5.96. The Morgan fingerprint density at radius 2 is 2.03 bits per heavy atom. The number of esters is 1. The summed E-state index contributed by atoms with van der Waals surface area (Å²) in [4.78, 5) is 14.5. The lowest BCUT2D eigenvalue weighted by atomic mass is 9.73. The molecule has 0 radical (unpaired) electrons. The number of ether oxygens (including phenoxy) is 1. The first-order chi connectivity index (χ1) is 14.6. The lowest BCUT2D eigenvalue weighted by Gasteiger charge is -2.35. The third-order valence-electron chi connectivity index (χ3n) is 7.39. The third kappa shape index (κ3) is 3.37. The van der Waals surface area contributed by atoms with Crippen LogP contribution < -0.4 is 0 Å². The molecule has 3 nitrogen and oxygen atoms in total. The molecular weight excluding hydrogens is 377 g/mol. The summed E-state index contributed by atoms with van der Waals surface area (Å²) in [6.45, 7) is 1.65. The molecule has 2 aromatic carbocycles. The highest BCUT2D eigenvalue weighted by molar-refractivity contribution is 5.88. The molecule has 1 spiro atoms. The van der Waals surface area contributed by atoms with Gasteiger partial charge in [-0.2, -0.15) is 0 Å². The second-order valence-electron chi connectivity index (χ2n) is 9.08. The maximum atomic E-state index is 14.1. The van der Waals surface area contributed by atoms with E-state index in [0.717, 1.165) is 56.2 Å². The van der Waals surface area contributed by atoms with E-state index in [1.165, 1.54) is 23.8 Å². The highest BCUT2D eigenvalue weighted by Crippen LogP contribution is 2.49. The molecule has 0 amide bonds. The van der Waals surface area contributed by atoms with Gasteiger partial charge in [0, 0.05) is 30.1 Å². The zero-order valence-electron chi connectivity index (χ0n) is 17.5. The molecule has 2 aliphatic carbocycles. The van der Waals surface area contributed by atoms with Crippen LogP contribution in [0.4, 0.5) is 4.39 Å². The highest BCUT2D eigenvalue weighted by atomic mass is 19.1. The molecule has 0 saturated heterocycles. The quantitative estimate of drug-likeness (QED) is 0.686. The molecule has 1 heterocycles. The number of benzene rings is 2. The van der Waals surface area contributed by atoms with Gasteiger partial charge in [0.25, 0.3) is 0 Å². The Hall–Kier alpha value is -2.46. The number of hydrogen-bond donors (Lipinski definition) is 0. The van der Waals surface area contributed by atoms with Gasteiger partial charge in [-0.15, -0.1) is 0 Å². The van der Waals surface area contributed by atoms with Crippen LogP contribution in [0.1, 0.15) is 47.9 Å². The molecule has 2 atom stereocenters. The van der Waals surface area contributed by atoms with Crippen LogP contribution in [0.5, 0.6) is 0 Å². The van der Waals surface area contributed by atoms with E-state index in [-0.39, 0.29) is 17.2 Å². The molecule has 0 bridgehead atoms. The first-order valence-corrected chi connectivity index (χ1v) is 10.9. The number of carbonyl (C=O) groups excluding carboxylic acids is 1. The van der Waals surface area contributed by atoms with Crippen molar-refractivity contribution in [2.75, 3.05) is 20.2 Å². The molecule has 3 aliphatic rings. The standard InChI is InChI=1S/C26H28FNO2/c1-30-25(29)20-6-4-12-28(17-20)23-10-11-26(16-23)15-21-14-22(27)9-8-18(21)13-19-5-2-3-7-24(19)26/h2-3,5-9,14,23H,4,10-13,15-17H2,1H3. The van der Waals surface area contributed by atoms with Crippen molar-refractivity contribution in [1.29, 1.82) is 0 Å². The number of carbonyl (C=O) groups is 1. The van der Waals surface area contributed by atoms with Crippen LogP contribution in [0.15, 0.2) is 54.1 Å². The third-order valence-corrected chi connectivity index (χ3v) is 7.39. The number of rotatable bonds is 2. The largest absolute Gasteiger partial charge is 0.466 e.